The lowest BCUT2D eigenvalue weighted by atomic mass is 10.1. The highest BCUT2D eigenvalue weighted by Gasteiger charge is 2.36. The van der Waals surface area contributed by atoms with Crippen molar-refractivity contribution in [3.8, 4) is 0 Å². The molecule has 3 amide bonds. The zero-order chi connectivity index (χ0) is 18.7. The van der Waals surface area contributed by atoms with E-state index >= 15 is 0 Å². The van der Waals surface area contributed by atoms with Gasteiger partial charge in [0.1, 0.15) is 6.04 Å². The third kappa shape index (κ3) is 3.88. The zero-order valence-corrected chi connectivity index (χ0v) is 14.9. The van der Waals surface area contributed by atoms with Gasteiger partial charge in [-0.25, -0.2) is 0 Å². The summed E-state index contributed by atoms with van der Waals surface area (Å²) in [6.07, 6.45) is 1.23. The summed E-state index contributed by atoms with van der Waals surface area (Å²) in [5.74, 6) is -1.03. The summed E-state index contributed by atoms with van der Waals surface area (Å²) in [4.78, 5) is 38.6. The average Bonchev–Trinajstić information content (AvgIpc) is 3.14. The Kier molecular flexibility index (Phi) is 5.27. The van der Waals surface area contributed by atoms with Gasteiger partial charge in [0.05, 0.1) is 12.7 Å². The van der Waals surface area contributed by atoms with Gasteiger partial charge in [-0.05, 0) is 36.8 Å². The average molecular weight is 376 g/mol. The number of nitrogens with zero attached hydrogens (tertiary/aromatic N) is 1. The summed E-state index contributed by atoms with van der Waals surface area (Å²) in [6.45, 7) is 2.47. The molecule has 1 aromatic heterocycles. The van der Waals surface area contributed by atoms with Crippen LogP contribution in [0.1, 0.15) is 22.5 Å². The van der Waals surface area contributed by atoms with E-state index in [9.17, 15) is 14.4 Å². The number of hydrogen-bond acceptors (Lipinski definition) is 4. The number of nitrogens with one attached hydrogen (secondary N) is 2. The van der Waals surface area contributed by atoms with Gasteiger partial charge in [-0.1, -0.05) is 17.7 Å². The highest BCUT2D eigenvalue weighted by molar-refractivity contribution is 6.31. The number of furan rings is 1. The molecule has 136 valence electrons. The van der Waals surface area contributed by atoms with Crippen molar-refractivity contribution >= 4 is 35.0 Å². The molecular weight excluding hydrogens is 358 g/mol. The van der Waals surface area contributed by atoms with Crippen molar-refractivity contribution in [1.82, 2.24) is 10.2 Å². The van der Waals surface area contributed by atoms with Crippen LogP contribution in [-0.2, 0) is 9.59 Å². The van der Waals surface area contributed by atoms with E-state index in [2.05, 4.69) is 10.6 Å². The van der Waals surface area contributed by atoms with Crippen LogP contribution >= 0.6 is 11.6 Å². The number of amides is 3. The van der Waals surface area contributed by atoms with Crippen LogP contribution in [0.25, 0.3) is 0 Å². The van der Waals surface area contributed by atoms with Gasteiger partial charge in [0, 0.05) is 23.8 Å². The lowest BCUT2D eigenvalue weighted by Crippen LogP contribution is -2.58. The van der Waals surface area contributed by atoms with Crippen molar-refractivity contribution in [3.05, 3.63) is 52.9 Å². The maximum Gasteiger partial charge on any atom is 0.290 e. The van der Waals surface area contributed by atoms with Crippen molar-refractivity contribution in [3.63, 3.8) is 0 Å². The molecule has 8 heteroatoms. The van der Waals surface area contributed by atoms with Crippen LogP contribution in [0, 0.1) is 6.92 Å². The summed E-state index contributed by atoms with van der Waals surface area (Å²) in [7, 11) is 0. The monoisotopic (exact) mass is 375 g/mol. The molecule has 1 aliphatic rings. The Bertz CT molecular complexity index is 835. The Morgan fingerprint density at radius 2 is 2.19 bits per heavy atom. The second-order valence-corrected chi connectivity index (χ2v) is 6.43. The summed E-state index contributed by atoms with van der Waals surface area (Å²) >= 11 is 5.96. The van der Waals surface area contributed by atoms with Crippen molar-refractivity contribution in [1.29, 1.82) is 0 Å². The van der Waals surface area contributed by atoms with E-state index in [-0.39, 0.29) is 24.0 Å². The normalized spacial score (nSPS) is 16.9. The standard InChI is InChI=1S/C18H18ClN3O4/c1-11-4-5-12(19)9-13(11)21-16(23)10-14-17(24)20-6-7-22(14)18(25)15-3-2-8-26-15/h2-5,8-9,14H,6-7,10H2,1H3,(H,20,24)(H,21,23)/t14-/m0/s1. The first-order valence-electron chi connectivity index (χ1n) is 8.14. The quantitative estimate of drug-likeness (QED) is 0.857. The second kappa shape index (κ2) is 7.61. The van der Waals surface area contributed by atoms with Gasteiger partial charge < -0.3 is 20.0 Å². The summed E-state index contributed by atoms with van der Waals surface area (Å²) in [6, 6.07) is 7.38. The predicted octanol–water partition coefficient (Wildman–Crippen LogP) is 2.21. The topological polar surface area (TPSA) is 91.7 Å². The molecule has 2 N–H and O–H groups in total. The van der Waals surface area contributed by atoms with E-state index in [4.69, 9.17) is 16.0 Å². The first-order chi connectivity index (χ1) is 12.5. The third-order valence-corrected chi connectivity index (χ3v) is 4.41. The van der Waals surface area contributed by atoms with Gasteiger partial charge >= 0.3 is 0 Å². The lowest BCUT2D eigenvalue weighted by Gasteiger charge is -2.34. The third-order valence-electron chi connectivity index (χ3n) is 4.18. The Morgan fingerprint density at radius 1 is 1.38 bits per heavy atom. The number of piperazine rings is 1. The SMILES string of the molecule is Cc1ccc(Cl)cc1NC(=O)C[C@H]1C(=O)NCCN1C(=O)c1ccco1. The molecule has 7 nitrogen and oxygen atoms in total. The number of hydrogen-bond donors (Lipinski definition) is 2. The Labute approximate surface area is 155 Å². The van der Waals surface area contributed by atoms with Crippen molar-refractivity contribution in [2.75, 3.05) is 18.4 Å². The van der Waals surface area contributed by atoms with Gasteiger partial charge in [-0.2, -0.15) is 0 Å². The number of benzene rings is 1. The van der Waals surface area contributed by atoms with E-state index in [0.717, 1.165) is 5.56 Å². The highest BCUT2D eigenvalue weighted by Crippen LogP contribution is 2.21. The molecule has 2 aromatic rings. The highest BCUT2D eigenvalue weighted by atomic mass is 35.5. The molecule has 1 aliphatic heterocycles. The first-order valence-corrected chi connectivity index (χ1v) is 8.51. The molecule has 0 radical (unpaired) electrons. The molecule has 0 bridgehead atoms. The maximum atomic E-state index is 12.6. The van der Waals surface area contributed by atoms with Crippen molar-refractivity contribution in [2.45, 2.75) is 19.4 Å². The number of rotatable bonds is 4. The Balaban J connectivity index is 1.74. The smallest absolute Gasteiger partial charge is 0.290 e. The zero-order valence-electron chi connectivity index (χ0n) is 14.1. The van der Waals surface area contributed by atoms with Crippen LogP contribution in [0.3, 0.4) is 0 Å². The van der Waals surface area contributed by atoms with Crippen LogP contribution in [0.5, 0.6) is 0 Å². The van der Waals surface area contributed by atoms with Gasteiger partial charge in [-0.15, -0.1) is 0 Å². The van der Waals surface area contributed by atoms with Gasteiger partial charge in [0.25, 0.3) is 5.91 Å². The largest absolute Gasteiger partial charge is 0.459 e. The van der Waals surface area contributed by atoms with E-state index in [1.807, 2.05) is 6.92 Å². The molecule has 0 unspecified atom stereocenters. The van der Waals surface area contributed by atoms with Gasteiger partial charge in [0.2, 0.25) is 11.8 Å². The Hall–Kier alpha value is -2.80. The predicted molar refractivity (Wildman–Crippen MR) is 96.0 cm³/mol. The molecule has 0 saturated carbocycles. The van der Waals surface area contributed by atoms with E-state index in [0.29, 0.717) is 23.8 Å². The summed E-state index contributed by atoms with van der Waals surface area (Å²) in [5.41, 5.74) is 1.42. The number of anilines is 1. The minimum Gasteiger partial charge on any atom is -0.459 e. The molecule has 0 aliphatic carbocycles. The fourth-order valence-electron chi connectivity index (χ4n) is 2.81. The molecule has 1 saturated heterocycles. The Morgan fingerprint density at radius 3 is 2.92 bits per heavy atom. The molecular formula is C18H18ClN3O4. The summed E-state index contributed by atoms with van der Waals surface area (Å²) in [5, 5.41) is 5.93. The molecule has 1 atom stereocenters. The lowest BCUT2D eigenvalue weighted by molar-refractivity contribution is -0.131. The minimum atomic E-state index is -0.902. The molecule has 1 aromatic carbocycles. The van der Waals surface area contributed by atoms with Crippen LogP contribution in [0.15, 0.2) is 41.0 Å². The maximum absolute atomic E-state index is 12.6. The van der Waals surface area contributed by atoms with E-state index in [1.165, 1.54) is 17.2 Å². The number of aryl methyl sites for hydroxylation is 1. The van der Waals surface area contributed by atoms with E-state index in [1.54, 1.807) is 24.3 Å². The fourth-order valence-corrected chi connectivity index (χ4v) is 2.98. The van der Waals surface area contributed by atoms with Crippen molar-refractivity contribution in [2.24, 2.45) is 0 Å². The molecule has 26 heavy (non-hydrogen) atoms. The van der Waals surface area contributed by atoms with Gasteiger partial charge in [-0.3, -0.25) is 14.4 Å². The van der Waals surface area contributed by atoms with Crippen LogP contribution in [0.4, 0.5) is 5.69 Å². The number of carbonyl (C=O) groups excluding carboxylic acids is 3. The molecule has 2 heterocycles. The number of carbonyl (C=O) groups is 3. The van der Waals surface area contributed by atoms with Crippen LogP contribution in [0.2, 0.25) is 5.02 Å². The van der Waals surface area contributed by atoms with Crippen molar-refractivity contribution < 1.29 is 18.8 Å². The first kappa shape index (κ1) is 18.0. The van der Waals surface area contributed by atoms with Gasteiger partial charge in [0.15, 0.2) is 5.76 Å². The van der Waals surface area contributed by atoms with E-state index < -0.39 is 11.9 Å². The molecule has 3 rings (SSSR count). The van der Waals surface area contributed by atoms with Crippen LogP contribution in [-0.4, -0.2) is 41.8 Å². The fraction of sp³-hybridized carbons (Fsp3) is 0.278. The molecule has 1 fully saturated rings. The number of halogens is 1. The summed E-state index contributed by atoms with van der Waals surface area (Å²) < 4.78 is 5.12. The minimum absolute atomic E-state index is 0.135. The van der Waals surface area contributed by atoms with Crippen LogP contribution < -0.4 is 10.6 Å². The molecule has 0 spiro atoms. The second-order valence-electron chi connectivity index (χ2n) is 5.99.